The minimum Gasteiger partial charge on any atom is -0.357 e. The number of piperidine rings is 1. The van der Waals surface area contributed by atoms with Crippen LogP contribution in [0.25, 0.3) is 11.0 Å². The Morgan fingerprint density at radius 3 is 2.96 bits per heavy atom. The first kappa shape index (κ1) is 15.8. The second-order valence-electron chi connectivity index (χ2n) is 6.44. The van der Waals surface area contributed by atoms with Gasteiger partial charge in [0, 0.05) is 26.7 Å². The maximum Gasteiger partial charge on any atom is 0.194 e. The molecule has 0 saturated carbocycles. The summed E-state index contributed by atoms with van der Waals surface area (Å²) in [5.41, 5.74) is 2.20. The van der Waals surface area contributed by atoms with Crippen molar-refractivity contribution in [1.82, 2.24) is 19.8 Å². The molecular weight excluding hydrogens is 286 g/mol. The summed E-state index contributed by atoms with van der Waals surface area (Å²) in [5, 5.41) is 3.44. The molecule has 1 aromatic heterocycles. The van der Waals surface area contributed by atoms with Crippen LogP contribution in [0.15, 0.2) is 29.3 Å². The molecule has 1 atom stereocenters. The van der Waals surface area contributed by atoms with Crippen LogP contribution in [0.4, 0.5) is 0 Å². The summed E-state index contributed by atoms with van der Waals surface area (Å²) in [6.07, 6.45) is 2.57. The third kappa shape index (κ3) is 3.49. The number of hydrogen-bond acceptors (Lipinski definition) is 2. The van der Waals surface area contributed by atoms with Gasteiger partial charge < -0.3 is 14.8 Å². The number of imidazole rings is 1. The fourth-order valence-corrected chi connectivity index (χ4v) is 3.29. The lowest BCUT2D eigenvalue weighted by molar-refractivity contribution is 0.266. The molecule has 0 amide bonds. The summed E-state index contributed by atoms with van der Waals surface area (Å²) >= 11 is 0. The molecule has 0 bridgehead atoms. The second-order valence-corrected chi connectivity index (χ2v) is 6.44. The number of likely N-dealkylation sites (tertiary alicyclic amines) is 1. The molecule has 1 aliphatic rings. The van der Waals surface area contributed by atoms with Gasteiger partial charge in [0.1, 0.15) is 12.4 Å². The number of aliphatic imine (C=N–C) groups is 1. The smallest absolute Gasteiger partial charge is 0.194 e. The zero-order valence-corrected chi connectivity index (χ0v) is 14.4. The van der Waals surface area contributed by atoms with Crippen LogP contribution in [-0.4, -0.2) is 40.0 Å². The average Bonchev–Trinajstić information content (AvgIpc) is 2.88. The summed E-state index contributed by atoms with van der Waals surface area (Å²) in [5.74, 6) is 2.76. The van der Waals surface area contributed by atoms with Crippen molar-refractivity contribution in [3.63, 3.8) is 0 Å². The van der Waals surface area contributed by atoms with E-state index in [9.17, 15) is 0 Å². The molecule has 124 valence electrons. The van der Waals surface area contributed by atoms with Gasteiger partial charge in [-0.05, 0) is 37.8 Å². The fraction of sp³-hybridized carbons (Fsp3) is 0.556. The van der Waals surface area contributed by atoms with Gasteiger partial charge in [-0.15, -0.1) is 0 Å². The van der Waals surface area contributed by atoms with Gasteiger partial charge in [0.2, 0.25) is 0 Å². The van der Waals surface area contributed by atoms with Crippen molar-refractivity contribution in [3.8, 4) is 0 Å². The van der Waals surface area contributed by atoms with E-state index in [0.29, 0.717) is 6.54 Å². The highest BCUT2D eigenvalue weighted by Gasteiger charge is 2.19. The highest BCUT2D eigenvalue weighted by Crippen LogP contribution is 2.17. The zero-order valence-electron chi connectivity index (χ0n) is 14.4. The second kappa shape index (κ2) is 7.02. The lowest BCUT2D eigenvalue weighted by Gasteiger charge is -2.33. The summed E-state index contributed by atoms with van der Waals surface area (Å²) in [7, 11) is 2.07. The van der Waals surface area contributed by atoms with Gasteiger partial charge in [-0.3, -0.25) is 0 Å². The number of aromatic nitrogens is 2. The van der Waals surface area contributed by atoms with Gasteiger partial charge in [-0.2, -0.15) is 0 Å². The zero-order chi connectivity index (χ0) is 16.2. The van der Waals surface area contributed by atoms with Crippen molar-refractivity contribution in [3.05, 3.63) is 30.1 Å². The van der Waals surface area contributed by atoms with E-state index in [1.807, 2.05) is 6.07 Å². The molecule has 2 heterocycles. The van der Waals surface area contributed by atoms with Gasteiger partial charge >= 0.3 is 0 Å². The molecule has 1 aliphatic heterocycles. The van der Waals surface area contributed by atoms with Crippen LogP contribution in [0.1, 0.15) is 32.5 Å². The van der Waals surface area contributed by atoms with Crippen molar-refractivity contribution in [2.45, 2.75) is 33.2 Å². The number of benzene rings is 1. The first-order chi connectivity index (χ1) is 11.2. The molecule has 0 spiro atoms. The van der Waals surface area contributed by atoms with E-state index in [1.54, 1.807) is 0 Å². The van der Waals surface area contributed by atoms with E-state index in [4.69, 9.17) is 9.98 Å². The summed E-state index contributed by atoms with van der Waals surface area (Å²) in [6.45, 7) is 8.14. The standard InChI is InChI=1S/C18H27N5/c1-4-19-18(23-11-7-8-14(2)13-23)20-12-17-21-15-9-5-6-10-16(15)22(17)3/h5-6,9-10,14H,4,7-8,11-13H2,1-3H3,(H,19,20). The third-order valence-corrected chi connectivity index (χ3v) is 4.54. The minimum absolute atomic E-state index is 0.610. The molecular formula is C18H27N5. The molecule has 3 rings (SSSR count). The van der Waals surface area contributed by atoms with Gasteiger partial charge in [-0.25, -0.2) is 9.98 Å². The lowest BCUT2D eigenvalue weighted by atomic mass is 10.0. The summed E-state index contributed by atoms with van der Waals surface area (Å²) < 4.78 is 2.14. The maximum atomic E-state index is 4.85. The normalized spacial score (nSPS) is 19.3. The Morgan fingerprint density at radius 1 is 1.39 bits per heavy atom. The molecule has 1 saturated heterocycles. The Hall–Kier alpha value is -2.04. The number of nitrogens with one attached hydrogen (secondary N) is 1. The molecule has 2 aromatic rings. The Kier molecular flexibility index (Phi) is 4.84. The molecule has 0 radical (unpaired) electrons. The topological polar surface area (TPSA) is 45.5 Å². The van der Waals surface area contributed by atoms with Crippen molar-refractivity contribution in [2.24, 2.45) is 18.0 Å². The summed E-state index contributed by atoms with van der Waals surface area (Å²) in [4.78, 5) is 11.9. The van der Waals surface area contributed by atoms with E-state index < -0.39 is 0 Å². The fourth-order valence-electron chi connectivity index (χ4n) is 3.29. The highest BCUT2D eigenvalue weighted by molar-refractivity contribution is 5.80. The number of aryl methyl sites for hydroxylation is 1. The first-order valence-corrected chi connectivity index (χ1v) is 8.62. The molecule has 1 fully saturated rings. The van der Waals surface area contributed by atoms with Gasteiger partial charge in [-0.1, -0.05) is 19.1 Å². The van der Waals surface area contributed by atoms with Crippen LogP contribution in [0.3, 0.4) is 0 Å². The van der Waals surface area contributed by atoms with Crippen molar-refractivity contribution >= 4 is 17.0 Å². The van der Waals surface area contributed by atoms with E-state index in [1.165, 1.54) is 12.8 Å². The number of para-hydroxylation sites is 2. The Labute approximate surface area is 138 Å². The van der Waals surface area contributed by atoms with Crippen LogP contribution >= 0.6 is 0 Å². The van der Waals surface area contributed by atoms with Gasteiger partial charge in [0.15, 0.2) is 5.96 Å². The van der Waals surface area contributed by atoms with Crippen molar-refractivity contribution in [2.75, 3.05) is 19.6 Å². The largest absolute Gasteiger partial charge is 0.357 e. The molecule has 5 heteroatoms. The van der Waals surface area contributed by atoms with Crippen LogP contribution < -0.4 is 5.32 Å². The Balaban J connectivity index is 1.80. The SMILES string of the molecule is CCNC(=NCc1nc2ccccc2n1C)N1CCCC(C)C1. The molecule has 1 aromatic carbocycles. The maximum absolute atomic E-state index is 4.85. The molecule has 1 unspecified atom stereocenters. The average molecular weight is 313 g/mol. The summed E-state index contributed by atoms with van der Waals surface area (Å²) in [6, 6.07) is 8.24. The molecule has 23 heavy (non-hydrogen) atoms. The number of guanidine groups is 1. The predicted octanol–water partition coefficient (Wildman–Crippen LogP) is 2.77. The quantitative estimate of drug-likeness (QED) is 0.700. The Morgan fingerprint density at radius 2 is 2.22 bits per heavy atom. The van der Waals surface area contributed by atoms with Gasteiger partial charge in [0.05, 0.1) is 11.0 Å². The third-order valence-electron chi connectivity index (χ3n) is 4.54. The van der Waals surface area contributed by atoms with E-state index in [-0.39, 0.29) is 0 Å². The number of nitrogens with zero attached hydrogens (tertiary/aromatic N) is 4. The van der Waals surface area contributed by atoms with Crippen LogP contribution in [0.5, 0.6) is 0 Å². The highest BCUT2D eigenvalue weighted by atomic mass is 15.3. The molecule has 5 nitrogen and oxygen atoms in total. The predicted molar refractivity (Wildman–Crippen MR) is 95.5 cm³/mol. The van der Waals surface area contributed by atoms with Crippen LogP contribution in [0.2, 0.25) is 0 Å². The Bertz CT molecular complexity index is 688. The molecule has 0 aliphatic carbocycles. The number of fused-ring (bicyclic) bond motifs is 1. The number of hydrogen-bond donors (Lipinski definition) is 1. The van der Waals surface area contributed by atoms with Crippen LogP contribution in [0, 0.1) is 5.92 Å². The first-order valence-electron chi connectivity index (χ1n) is 8.62. The van der Waals surface area contributed by atoms with Gasteiger partial charge in [0.25, 0.3) is 0 Å². The number of rotatable bonds is 3. The van der Waals surface area contributed by atoms with Crippen LogP contribution in [-0.2, 0) is 13.6 Å². The van der Waals surface area contributed by atoms with Crippen molar-refractivity contribution < 1.29 is 0 Å². The van der Waals surface area contributed by atoms with Crippen molar-refractivity contribution in [1.29, 1.82) is 0 Å². The minimum atomic E-state index is 0.610. The van der Waals surface area contributed by atoms with E-state index in [0.717, 1.165) is 48.4 Å². The molecule has 1 N–H and O–H groups in total. The monoisotopic (exact) mass is 313 g/mol. The van der Waals surface area contributed by atoms with E-state index >= 15 is 0 Å². The van der Waals surface area contributed by atoms with E-state index in [2.05, 4.69) is 53.9 Å². The lowest BCUT2D eigenvalue weighted by Crippen LogP contribution is -2.46.